The van der Waals surface area contributed by atoms with Crippen LogP contribution in [0.2, 0.25) is 0 Å². The van der Waals surface area contributed by atoms with Crippen LogP contribution in [0.25, 0.3) is 0 Å². The standard InChI is InChI=1S/C20H32O4.2C12H24/c1-16(2)18(21)23-14-20(15-24-19(22)17(3)4)12-10-8-6-5-7-9-11-13-20;2*1-12(2)10-8-6-4-3-5-7-9-11-12/h1,3,5-15H2,2,4H3;2*3-11H2,1-2H3. The summed E-state index contributed by atoms with van der Waals surface area (Å²) >= 11 is 0. The SMILES string of the molecule is C=C(C)C(=O)OCC1(COC(=O)C(=C)C)CCCCCCCCC1.CC1(C)CCCCCCCCC1.CC1(C)CCCCCCCCC1. The fourth-order valence-electron chi connectivity index (χ4n) is 7.45. The zero-order valence-corrected chi connectivity index (χ0v) is 33.1. The van der Waals surface area contributed by atoms with Crippen molar-refractivity contribution in [2.45, 2.75) is 215 Å². The molecule has 0 aromatic heterocycles. The van der Waals surface area contributed by atoms with Crippen molar-refractivity contribution < 1.29 is 19.1 Å². The minimum Gasteiger partial charge on any atom is -0.462 e. The van der Waals surface area contributed by atoms with Gasteiger partial charge in [0.25, 0.3) is 0 Å². The Morgan fingerprint density at radius 3 is 0.854 bits per heavy atom. The van der Waals surface area contributed by atoms with Crippen molar-refractivity contribution in [1.29, 1.82) is 0 Å². The third-order valence-corrected chi connectivity index (χ3v) is 11.0. The Morgan fingerprint density at radius 1 is 0.417 bits per heavy atom. The van der Waals surface area contributed by atoms with Crippen LogP contribution < -0.4 is 0 Å². The van der Waals surface area contributed by atoms with Crippen molar-refractivity contribution in [1.82, 2.24) is 0 Å². The van der Waals surface area contributed by atoms with Crippen LogP contribution in [-0.4, -0.2) is 25.2 Å². The topological polar surface area (TPSA) is 52.6 Å². The number of hydrogen-bond acceptors (Lipinski definition) is 4. The molecule has 0 saturated heterocycles. The Balaban J connectivity index is 0.000000400. The normalized spacial score (nSPS) is 22.4. The molecular formula is C44H80O4. The highest BCUT2D eigenvalue weighted by atomic mass is 16.5. The summed E-state index contributed by atoms with van der Waals surface area (Å²) in [6.45, 7) is 20.9. The molecule has 0 heterocycles. The van der Waals surface area contributed by atoms with E-state index in [2.05, 4.69) is 40.9 Å². The predicted molar refractivity (Wildman–Crippen MR) is 206 cm³/mol. The number of carbonyl (C=O) groups is 2. The molecule has 0 spiro atoms. The third kappa shape index (κ3) is 22.9. The molecule has 0 bridgehead atoms. The Bertz CT molecular complexity index is 802. The van der Waals surface area contributed by atoms with Crippen molar-refractivity contribution in [3.63, 3.8) is 0 Å². The lowest BCUT2D eigenvalue weighted by Gasteiger charge is -2.33. The van der Waals surface area contributed by atoms with Gasteiger partial charge in [-0.3, -0.25) is 0 Å². The molecule has 0 aromatic carbocycles. The molecule has 0 radical (unpaired) electrons. The molecule has 0 aromatic rings. The van der Waals surface area contributed by atoms with Crippen LogP contribution in [-0.2, 0) is 19.1 Å². The smallest absolute Gasteiger partial charge is 0.333 e. The molecule has 0 amide bonds. The average molecular weight is 673 g/mol. The monoisotopic (exact) mass is 673 g/mol. The quantitative estimate of drug-likeness (QED) is 0.208. The van der Waals surface area contributed by atoms with E-state index in [-0.39, 0.29) is 30.6 Å². The van der Waals surface area contributed by atoms with Gasteiger partial charge in [0.1, 0.15) is 13.2 Å². The summed E-state index contributed by atoms with van der Waals surface area (Å²) < 4.78 is 10.9. The van der Waals surface area contributed by atoms with E-state index in [1.807, 2.05) is 0 Å². The first-order valence-corrected chi connectivity index (χ1v) is 20.4. The van der Waals surface area contributed by atoms with E-state index < -0.39 is 0 Å². The Kier molecular flexibility index (Phi) is 23.5. The molecule has 3 saturated carbocycles. The molecule has 4 nitrogen and oxygen atoms in total. The molecule has 4 heteroatoms. The Labute approximate surface area is 299 Å². The van der Waals surface area contributed by atoms with Gasteiger partial charge in [-0.1, -0.05) is 176 Å². The maximum Gasteiger partial charge on any atom is 0.333 e. The van der Waals surface area contributed by atoms with Crippen LogP contribution in [0, 0.1) is 16.2 Å². The molecule has 3 rings (SSSR count). The molecule has 3 aliphatic carbocycles. The fourth-order valence-corrected chi connectivity index (χ4v) is 7.45. The van der Waals surface area contributed by atoms with Gasteiger partial charge in [0, 0.05) is 16.6 Å². The minimum atomic E-state index is -0.377. The second kappa shape index (κ2) is 25.4. The summed E-state index contributed by atoms with van der Waals surface area (Å²) in [6, 6.07) is 0. The first kappa shape index (κ1) is 44.4. The number of rotatable bonds is 6. The summed E-state index contributed by atoms with van der Waals surface area (Å²) in [5.74, 6) is -0.754. The summed E-state index contributed by atoms with van der Waals surface area (Å²) in [6.07, 6.45) is 36.5. The maximum atomic E-state index is 11.8. The number of carbonyl (C=O) groups excluding carboxylic acids is 2. The van der Waals surface area contributed by atoms with Crippen molar-refractivity contribution in [3.05, 3.63) is 24.3 Å². The Morgan fingerprint density at radius 2 is 0.625 bits per heavy atom. The highest BCUT2D eigenvalue weighted by molar-refractivity contribution is 5.87. The maximum absolute atomic E-state index is 11.8. The summed E-state index contributed by atoms with van der Waals surface area (Å²) in [7, 11) is 0. The molecule has 0 aliphatic heterocycles. The second-order valence-corrected chi connectivity index (χ2v) is 17.5. The van der Waals surface area contributed by atoms with Crippen LogP contribution in [0.1, 0.15) is 215 Å². The van der Waals surface area contributed by atoms with Crippen molar-refractivity contribution in [2.24, 2.45) is 16.2 Å². The summed E-state index contributed by atoms with van der Waals surface area (Å²) in [4.78, 5) is 23.6. The molecule has 0 atom stereocenters. The number of esters is 2. The molecule has 0 N–H and O–H groups in total. The van der Waals surface area contributed by atoms with Gasteiger partial charge in [-0.2, -0.15) is 0 Å². The van der Waals surface area contributed by atoms with E-state index >= 15 is 0 Å². The number of hydrogen-bond donors (Lipinski definition) is 0. The van der Waals surface area contributed by atoms with E-state index in [9.17, 15) is 9.59 Å². The zero-order valence-electron chi connectivity index (χ0n) is 33.1. The van der Waals surface area contributed by atoms with Crippen LogP contribution in [0.15, 0.2) is 24.3 Å². The van der Waals surface area contributed by atoms with Crippen LogP contribution >= 0.6 is 0 Å². The van der Waals surface area contributed by atoms with Crippen LogP contribution in [0.3, 0.4) is 0 Å². The van der Waals surface area contributed by atoms with E-state index in [0.29, 0.717) is 22.0 Å². The van der Waals surface area contributed by atoms with Gasteiger partial charge >= 0.3 is 11.9 Å². The molecule has 0 unspecified atom stereocenters. The van der Waals surface area contributed by atoms with Gasteiger partial charge in [0.05, 0.1) is 0 Å². The molecule has 3 fully saturated rings. The van der Waals surface area contributed by atoms with Gasteiger partial charge in [0.15, 0.2) is 0 Å². The zero-order chi connectivity index (χ0) is 35.7. The van der Waals surface area contributed by atoms with Gasteiger partial charge in [-0.25, -0.2) is 9.59 Å². The highest BCUT2D eigenvalue weighted by Crippen LogP contribution is 2.35. The average Bonchev–Trinajstić information content (AvgIpc) is 3.04. The minimum absolute atomic E-state index is 0.280. The predicted octanol–water partition coefficient (Wildman–Crippen LogP) is 13.8. The van der Waals surface area contributed by atoms with Crippen molar-refractivity contribution >= 4 is 11.9 Å². The lowest BCUT2D eigenvalue weighted by Crippen LogP contribution is -2.35. The fraction of sp³-hybridized carbons (Fsp3) is 0.864. The van der Waals surface area contributed by atoms with Gasteiger partial charge < -0.3 is 9.47 Å². The summed E-state index contributed by atoms with van der Waals surface area (Å²) in [5, 5.41) is 0. The highest BCUT2D eigenvalue weighted by Gasteiger charge is 2.33. The van der Waals surface area contributed by atoms with E-state index in [4.69, 9.17) is 9.47 Å². The van der Waals surface area contributed by atoms with Crippen LogP contribution in [0.5, 0.6) is 0 Å². The molecule has 280 valence electrons. The Hall–Kier alpha value is -1.58. The molecular weight excluding hydrogens is 592 g/mol. The van der Waals surface area contributed by atoms with E-state index in [1.54, 1.807) is 13.8 Å². The van der Waals surface area contributed by atoms with E-state index in [1.165, 1.54) is 148 Å². The third-order valence-electron chi connectivity index (χ3n) is 11.0. The first-order valence-electron chi connectivity index (χ1n) is 20.4. The molecule has 3 aliphatic rings. The van der Waals surface area contributed by atoms with Gasteiger partial charge in [0.2, 0.25) is 0 Å². The molecule has 48 heavy (non-hydrogen) atoms. The lowest BCUT2D eigenvalue weighted by atomic mass is 9.78. The lowest BCUT2D eigenvalue weighted by molar-refractivity contribution is -0.150. The largest absolute Gasteiger partial charge is 0.462 e. The van der Waals surface area contributed by atoms with E-state index in [0.717, 1.165) is 25.7 Å². The van der Waals surface area contributed by atoms with Crippen molar-refractivity contribution in [3.8, 4) is 0 Å². The second-order valence-electron chi connectivity index (χ2n) is 17.5. The summed E-state index contributed by atoms with van der Waals surface area (Å²) in [5.41, 5.74) is 1.76. The van der Waals surface area contributed by atoms with Gasteiger partial charge in [-0.15, -0.1) is 0 Å². The number of ether oxygens (including phenoxy) is 2. The first-order chi connectivity index (χ1) is 22.8. The van der Waals surface area contributed by atoms with Crippen LogP contribution in [0.4, 0.5) is 0 Å². The van der Waals surface area contributed by atoms with Gasteiger partial charge in [-0.05, 0) is 63.2 Å². The van der Waals surface area contributed by atoms with Crippen molar-refractivity contribution in [2.75, 3.05) is 13.2 Å².